The van der Waals surface area contributed by atoms with Crippen molar-refractivity contribution in [3.8, 4) is 11.3 Å². The van der Waals surface area contributed by atoms with Crippen LogP contribution in [0.2, 0.25) is 0 Å². The number of rotatable bonds is 9. The van der Waals surface area contributed by atoms with Crippen molar-refractivity contribution in [3.63, 3.8) is 0 Å². The third-order valence-electron chi connectivity index (χ3n) is 7.65. The number of fused-ring (bicyclic) bond motifs is 1. The number of carboxylic acids is 1. The number of aromatic nitrogens is 1. The van der Waals surface area contributed by atoms with Gasteiger partial charge < -0.3 is 9.52 Å². The average Bonchev–Trinajstić information content (AvgIpc) is 3.44. The third-order valence-corrected chi connectivity index (χ3v) is 7.65. The number of carboxylic acid groups (broad SMARTS) is 1. The summed E-state index contributed by atoms with van der Waals surface area (Å²) in [5.74, 6) is -1.70. The fraction of sp³-hybridized carbons (Fsp3) is 0.235. The van der Waals surface area contributed by atoms with E-state index in [1.807, 2.05) is 49.4 Å². The van der Waals surface area contributed by atoms with E-state index >= 15 is 0 Å². The average molecular weight is 573 g/mol. The highest BCUT2D eigenvalue weighted by atomic mass is 19.4. The van der Waals surface area contributed by atoms with E-state index in [1.54, 1.807) is 32.2 Å². The van der Waals surface area contributed by atoms with Gasteiger partial charge in [-0.3, -0.25) is 14.7 Å². The summed E-state index contributed by atoms with van der Waals surface area (Å²) in [5.41, 5.74) is 4.24. The van der Waals surface area contributed by atoms with E-state index in [4.69, 9.17) is 4.42 Å². The van der Waals surface area contributed by atoms with Crippen LogP contribution in [0.15, 0.2) is 95.5 Å². The van der Waals surface area contributed by atoms with E-state index in [0.29, 0.717) is 24.3 Å². The first-order valence-corrected chi connectivity index (χ1v) is 13.6. The van der Waals surface area contributed by atoms with Crippen LogP contribution in [-0.2, 0) is 36.0 Å². The topological polar surface area (TPSA) is 66.6 Å². The molecule has 0 saturated heterocycles. The number of aryl methyl sites for hydroxylation is 1. The van der Waals surface area contributed by atoms with Crippen LogP contribution in [0.1, 0.15) is 47.6 Å². The van der Waals surface area contributed by atoms with E-state index in [2.05, 4.69) is 28.1 Å². The maximum Gasteiger partial charge on any atom is 0.449 e. The number of carbonyl (C=O) groups is 1. The Bertz CT molecular complexity index is 1720. The van der Waals surface area contributed by atoms with Crippen molar-refractivity contribution in [2.45, 2.75) is 52.0 Å². The van der Waals surface area contributed by atoms with Gasteiger partial charge in [-0.05, 0) is 78.1 Å². The maximum atomic E-state index is 13.2. The number of benzene rings is 3. The van der Waals surface area contributed by atoms with Crippen molar-refractivity contribution in [1.29, 1.82) is 0 Å². The molecule has 0 fully saturated rings. The minimum absolute atomic E-state index is 0.189. The van der Waals surface area contributed by atoms with Gasteiger partial charge in [0.05, 0.1) is 17.7 Å². The highest BCUT2D eigenvalue weighted by molar-refractivity contribution is 5.86. The second-order valence-electron chi connectivity index (χ2n) is 11.0. The molecule has 0 atom stereocenters. The number of hydrogen-bond acceptors (Lipinski definition) is 4. The molecule has 8 heteroatoms. The number of hydrogen-bond donors (Lipinski definition) is 1. The lowest BCUT2D eigenvalue weighted by Crippen LogP contribution is -2.28. The Labute approximate surface area is 242 Å². The molecule has 1 N–H and O–H groups in total. The molecule has 0 aliphatic rings. The van der Waals surface area contributed by atoms with Gasteiger partial charge in [0.25, 0.3) is 0 Å². The lowest BCUT2D eigenvalue weighted by molar-refractivity contribution is -0.153. The molecule has 0 amide bonds. The Morgan fingerprint density at radius 1 is 0.905 bits per heavy atom. The van der Waals surface area contributed by atoms with Crippen molar-refractivity contribution < 1.29 is 27.5 Å². The van der Waals surface area contributed by atoms with Gasteiger partial charge in [0.2, 0.25) is 5.76 Å². The lowest BCUT2D eigenvalue weighted by Gasteiger charge is -2.24. The molecule has 0 saturated carbocycles. The number of halogens is 3. The first kappa shape index (κ1) is 29.1. The second kappa shape index (κ2) is 11.4. The van der Waals surface area contributed by atoms with E-state index in [1.165, 1.54) is 6.07 Å². The van der Waals surface area contributed by atoms with Gasteiger partial charge in [0, 0.05) is 24.8 Å². The van der Waals surface area contributed by atoms with Gasteiger partial charge in [-0.2, -0.15) is 13.2 Å². The van der Waals surface area contributed by atoms with Crippen LogP contribution < -0.4 is 0 Å². The summed E-state index contributed by atoms with van der Waals surface area (Å²) in [6.45, 7) is 6.50. The molecule has 42 heavy (non-hydrogen) atoms. The Balaban J connectivity index is 1.43. The highest BCUT2D eigenvalue weighted by Gasteiger charge is 2.35. The summed E-state index contributed by atoms with van der Waals surface area (Å²) in [6.07, 6.45) is -2.94. The zero-order valence-corrected chi connectivity index (χ0v) is 23.6. The van der Waals surface area contributed by atoms with Crippen molar-refractivity contribution in [2.75, 3.05) is 0 Å². The number of aliphatic carboxylic acids is 1. The van der Waals surface area contributed by atoms with Crippen LogP contribution in [0, 0.1) is 6.92 Å². The van der Waals surface area contributed by atoms with Crippen molar-refractivity contribution >= 4 is 16.7 Å². The predicted octanol–water partition coefficient (Wildman–Crippen LogP) is 8.39. The Morgan fingerprint density at radius 2 is 1.64 bits per heavy atom. The van der Waals surface area contributed by atoms with E-state index in [9.17, 15) is 23.1 Å². The normalized spacial score (nSPS) is 12.3. The second-order valence-corrected chi connectivity index (χ2v) is 11.0. The summed E-state index contributed by atoms with van der Waals surface area (Å²) in [4.78, 5) is 18.2. The maximum absolute atomic E-state index is 13.2. The largest absolute Gasteiger partial charge is 0.481 e. The van der Waals surface area contributed by atoms with Gasteiger partial charge in [-0.1, -0.05) is 60.7 Å². The number of pyridine rings is 1. The Hall–Kier alpha value is -4.43. The summed E-state index contributed by atoms with van der Waals surface area (Å²) < 4.78 is 44.9. The van der Waals surface area contributed by atoms with Crippen LogP contribution in [0.5, 0.6) is 0 Å². The molecule has 0 unspecified atom stereocenters. The Kier molecular flexibility index (Phi) is 7.93. The summed E-state index contributed by atoms with van der Waals surface area (Å²) in [7, 11) is 0. The molecule has 5 nitrogen and oxygen atoms in total. The van der Waals surface area contributed by atoms with Crippen LogP contribution in [-0.4, -0.2) is 21.0 Å². The number of nitrogens with zero attached hydrogens (tertiary/aromatic N) is 2. The van der Waals surface area contributed by atoms with Gasteiger partial charge in [0.15, 0.2) is 0 Å². The van der Waals surface area contributed by atoms with Crippen molar-refractivity contribution in [1.82, 2.24) is 9.88 Å². The van der Waals surface area contributed by atoms with Gasteiger partial charge in [-0.15, -0.1) is 0 Å². The van der Waals surface area contributed by atoms with Crippen molar-refractivity contribution in [2.24, 2.45) is 0 Å². The fourth-order valence-corrected chi connectivity index (χ4v) is 5.02. The van der Waals surface area contributed by atoms with Crippen LogP contribution in [0.25, 0.3) is 22.0 Å². The molecule has 2 heterocycles. The molecular weight excluding hydrogens is 541 g/mol. The molecule has 3 aromatic carbocycles. The first-order chi connectivity index (χ1) is 19.9. The first-order valence-electron chi connectivity index (χ1n) is 13.6. The van der Waals surface area contributed by atoms with Gasteiger partial charge in [0.1, 0.15) is 5.76 Å². The molecule has 2 aromatic heterocycles. The number of furan rings is 1. The smallest absolute Gasteiger partial charge is 0.449 e. The molecule has 0 aliphatic carbocycles. The molecular formula is C34H31F3N2O3. The van der Waals surface area contributed by atoms with Crippen molar-refractivity contribution in [3.05, 3.63) is 125 Å². The molecule has 0 aliphatic heterocycles. The predicted molar refractivity (Wildman–Crippen MR) is 156 cm³/mol. The molecule has 0 bridgehead atoms. The van der Waals surface area contributed by atoms with Gasteiger partial charge in [-0.25, -0.2) is 0 Å². The highest BCUT2D eigenvalue weighted by Crippen LogP contribution is 2.32. The minimum atomic E-state index is -4.55. The van der Waals surface area contributed by atoms with E-state index in [-0.39, 0.29) is 12.3 Å². The monoisotopic (exact) mass is 572 g/mol. The quantitative estimate of drug-likeness (QED) is 0.192. The molecule has 0 radical (unpaired) electrons. The summed E-state index contributed by atoms with van der Waals surface area (Å²) in [5, 5.41) is 11.8. The zero-order valence-electron chi connectivity index (χ0n) is 23.6. The fourth-order valence-electron chi connectivity index (χ4n) is 5.02. The van der Waals surface area contributed by atoms with E-state index < -0.39 is 23.3 Å². The summed E-state index contributed by atoms with van der Waals surface area (Å²) in [6, 6.07) is 25.8. The molecule has 216 valence electrons. The zero-order chi connectivity index (χ0) is 30.1. The van der Waals surface area contributed by atoms with Crippen LogP contribution in [0.4, 0.5) is 13.2 Å². The molecule has 5 rings (SSSR count). The SMILES string of the molecule is Cc1ccc2ccccc2c1CN(Cc1ccc(-c2cc(C(C)(C)C(=O)O)ccn2)cc1)Cc1ccc(C(F)(F)F)o1. The molecule has 5 aromatic rings. The van der Waals surface area contributed by atoms with Gasteiger partial charge >= 0.3 is 12.1 Å². The van der Waals surface area contributed by atoms with E-state index in [0.717, 1.165) is 39.1 Å². The third kappa shape index (κ3) is 6.24. The standard InChI is InChI=1S/C34H31F3N2O3/c1-22-8-11-24-6-4-5-7-28(24)29(22)21-39(20-27-14-15-31(42-27)34(35,36)37)19-23-9-12-25(13-10-23)30-18-26(16-17-38-30)33(2,3)32(40)41/h4-18H,19-21H2,1-3H3,(H,40,41). The summed E-state index contributed by atoms with van der Waals surface area (Å²) >= 11 is 0. The van der Waals surface area contributed by atoms with Crippen LogP contribution in [0.3, 0.4) is 0 Å². The number of alkyl halides is 3. The van der Waals surface area contributed by atoms with Crippen LogP contribution >= 0.6 is 0 Å². The Morgan fingerprint density at radius 3 is 2.33 bits per heavy atom. The lowest BCUT2D eigenvalue weighted by atomic mass is 9.84. The molecule has 0 spiro atoms. The minimum Gasteiger partial charge on any atom is -0.481 e.